The van der Waals surface area contributed by atoms with Crippen LogP contribution in [0.2, 0.25) is 0 Å². The number of anilines is 1. The molecule has 2 unspecified atom stereocenters. The van der Waals surface area contributed by atoms with E-state index in [0.717, 1.165) is 17.0 Å². The third kappa shape index (κ3) is 4.86. The van der Waals surface area contributed by atoms with E-state index in [1.165, 1.54) is 0 Å². The van der Waals surface area contributed by atoms with Gasteiger partial charge in [-0.2, -0.15) is 0 Å². The molecule has 0 amide bonds. The van der Waals surface area contributed by atoms with Crippen LogP contribution in [0.25, 0.3) is 0 Å². The highest BCUT2D eigenvalue weighted by Crippen LogP contribution is 2.29. The molecule has 0 heterocycles. The molecule has 0 saturated carbocycles. The van der Waals surface area contributed by atoms with Crippen molar-refractivity contribution in [2.24, 2.45) is 0 Å². The summed E-state index contributed by atoms with van der Waals surface area (Å²) < 4.78 is 5.20. The molecule has 0 fully saturated rings. The molecule has 0 aromatic heterocycles. The van der Waals surface area contributed by atoms with Crippen LogP contribution in [0.5, 0.6) is 5.75 Å². The molecule has 0 aliphatic carbocycles. The Morgan fingerprint density at radius 3 is 2.22 bits per heavy atom. The van der Waals surface area contributed by atoms with Crippen LogP contribution in [0.1, 0.15) is 11.6 Å². The van der Waals surface area contributed by atoms with Gasteiger partial charge in [0.05, 0.1) is 19.3 Å². The number of rotatable bonds is 7. The first-order valence-corrected chi connectivity index (χ1v) is 7.42. The van der Waals surface area contributed by atoms with Crippen molar-refractivity contribution in [3.05, 3.63) is 60.2 Å². The van der Waals surface area contributed by atoms with Crippen molar-refractivity contribution in [1.29, 1.82) is 0 Å². The van der Waals surface area contributed by atoms with Crippen molar-refractivity contribution in [2.75, 3.05) is 32.6 Å². The summed E-state index contributed by atoms with van der Waals surface area (Å²) in [5, 5.41) is 13.6. The van der Waals surface area contributed by atoms with Crippen LogP contribution >= 0.6 is 12.4 Å². The molecule has 0 aliphatic heterocycles. The Bertz CT molecular complexity index is 563. The molecule has 0 saturated heterocycles. The quantitative estimate of drug-likeness (QED) is 0.816. The second kappa shape index (κ2) is 9.40. The molecule has 2 atom stereocenters. The minimum atomic E-state index is -0.514. The van der Waals surface area contributed by atoms with Crippen LogP contribution in [-0.2, 0) is 0 Å². The molecule has 23 heavy (non-hydrogen) atoms. The molecule has 2 N–H and O–H groups in total. The van der Waals surface area contributed by atoms with E-state index >= 15 is 0 Å². The SMILES string of the molecule is CNCC(O)C(c1ccccc1)N(C)c1ccc(OC)cc1.Cl. The first-order valence-electron chi connectivity index (χ1n) is 7.42. The smallest absolute Gasteiger partial charge is 0.119 e. The molecule has 2 aromatic rings. The monoisotopic (exact) mass is 336 g/mol. The maximum atomic E-state index is 10.6. The van der Waals surface area contributed by atoms with Crippen molar-refractivity contribution >= 4 is 18.1 Å². The summed E-state index contributed by atoms with van der Waals surface area (Å²) in [5.74, 6) is 0.823. The predicted octanol–water partition coefficient (Wildman–Crippen LogP) is 2.87. The topological polar surface area (TPSA) is 44.7 Å². The number of ether oxygens (including phenoxy) is 1. The lowest BCUT2D eigenvalue weighted by atomic mass is 9.99. The lowest BCUT2D eigenvalue weighted by molar-refractivity contribution is 0.142. The summed E-state index contributed by atoms with van der Waals surface area (Å²) in [6.07, 6.45) is -0.514. The maximum Gasteiger partial charge on any atom is 0.119 e. The van der Waals surface area contributed by atoms with Crippen molar-refractivity contribution in [3.8, 4) is 5.75 Å². The third-order valence-electron chi connectivity index (χ3n) is 3.82. The summed E-state index contributed by atoms with van der Waals surface area (Å²) in [6.45, 7) is 0.528. The minimum absolute atomic E-state index is 0. The van der Waals surface area contributed by atoms with E-state index in [2.05, 4.69) is 10.2 Å². The molecular weight excluding hydrogens is 312 g/mol. The van der Waals surface area contributed by atoms with Gasteiger partial charge in [-0.1, -0.05) is 30.3 Å². The van der Waals surface area contributed by atoms with Crippen LogP contribution < -0.4 is 15.0 Å². The zero-order valence-electron chi connectivity index (χ0n) is 13.8. The molecule has 0 bridgehead atoms. The average Bonchev–Trinajstić information content (AvgIpc) is 2.56. The average molecular weight is 337 g/mol. The summed E-state index contributed by atoms with van der Waals surface area (Å²) in [7, 11) is 5.50. The Balaban J connectivity index is 0.00000264. The number of aliphatic hydroxyl groups excluding tert-OH is 1. The van der Waals surface area contributed by atoms with Crippen LogP contribution in [-0.4, -0.2) is 39.0 Å². The van der Waals surface area contributed by atoms with Crippen molar-refractivity contribution < 1.29 is 9.84 Å². The lowest BCUT2D eigenvalue weighted by Crippen LogP contribution is -2.39. The van der Waals surface area contributed by atoms with Gasteiger partial charge >= 0.3 is 0 Å². The standard InChI is InChI=1S/C18H24N2O2.ClH/c1-19-13-17(21)18(14-7-5-4-6-8-14)20(2)15-9-11-16(22-3)12-10-15;/h4-12,17-19,21H,13H2,1-3H3;1H. The van der Waals surface area contributed by atoms with Gasteiger partial charge in [-0.25, -0.2) is 0 Å². The van der Waals surface area contributed by atoms with E-state index in [1.807, 2.05) is 68.7 Å². The highest BCUT2D eigenvalue weighted by atomic mass is 35.5. The second-order valence-electron chi connectivity index (χ2n) is 5.29. The predicted molar refractivity (Wildman–Crippen MR) is 97.8 cm³/mol. The normalized spacial score (nSPS) is 12.9. The summed E-state index contributed by atoms with van der Waals surface area (Å²) in [5.41, 5.74) is 2.12. The third-order valence-corrected chi connectivity index (χ3v) is 3.82. The number of nitrogens with zero attached hydrogens (tertiary/aromatic N) is 1. The van der Waals surface area contributed by atoms with E-state index in [-0.39, 0.29) is 18.4 Å². The van der Waals surface area contributed by atoms with Gasteiger partial charge in [0.1, 0.15) is 5.75 Å². The van der Waals surface area contributed by atoms with Gasteiger partial charge in [-0.3, -0.25) is 0 Å². The van der Waals surface area contributed by atoms with E-state index in [4.69, 9.17) is 4.74 Å². The molecule has 0 radical (unpaired) electrons. The van der Waals surface area contributed by atoms with Gasteiger partial charge in [0.25, 0.3) is 0 Å². The van der Waals surface area contributed by atoms with Gasteiger partial charge in [-0.15, -0.1) is 12.4 Å². The number of hydrogen-bond donors (Lipinski definition) is 2. The van der Waals surface area contributed by atoms with Gasteiger partial charge in [0.2, 0.25) is 0 Å². The Morgan fingerprint density at radius 1 is 1.09 bits per heavy atom. The summed E-state index contributed by atoms with van der Waals surface area (Å²) in [4.78, 5) is 2.09. The van der Waals surface area contributed by atoms with Crippen molar-refractivity contribution in [1.82, 2.24) is 5.32 Å². The Morgan fingerprint density at radius 2 is 1.70 bits per heavy atom. The molecule has 0 aliphatic rings. The zero-order chi connectivity index (χ0) is 15.9. The van der Waals surface area contributed by atoms with E-state index in [0.29, 0.717) is 6.54 Å². The summed E-state index contributed by atoms with van der Waals surface area (Å²) in [6, 6.07) is 17.8. The molecule has 0 spiro atoms. The lowest BCUT2D eigenvalue weighted by Gasteiger charge is -2.34. The van der Waals surface area contributed by atoms with Crippen LogP contribution in [0.15, 0.2) is 54.6 Å². The number of benzene rings is 2. The molecule has 2 aromatic carbocycles. The molecule has 2 rings (SSSR count). The van der Waals surface area contributed by atoms with E-state index < -0.39 is 6.10 Å². The number of aliphatic hydroxyl groups is 1. The zero-order valence-corrected chi connectivity index (χ0v) is 14.6. The minimum Gasteiger partial charge on any atom is -0.497 e. The van der Waals surface area contributed by atoms with E-state index in [9.17, 15) is 5.11 Å². The van der Waals surface area contributed by atoms with Crippen LogP contribution in [0, 0.1) is 0 Å². The second-order valence-corrected chi connectivity index (χ2v) is 5.29. The highest BCUT2D eigenvalue weighted by Gasteiger charge is 2.25. The molecule has 5 heteroatoms. The van der Waals surface area contributed by atoms with Gasteiger partial charge in [0, 0.05) is 19.3 Å². The van der Waals surface area contributed by atoms with Crippen molar-refractivity contribution in [3.63, 3.8) is 0 Å². The fourth-order valence-electron chi connectivity index (χ4n) is 2.65. The van der Waals surface area contributed by atoms with Crippen molar-refractivity contribution in [2.45, 2.75) is 12.1 Å². The van der Waals surface area contributed by atoms with Gasteiger partial charge in [0.15, 0.2) is 0 Å². The fourth-order valence-corrected chi connectivity index (χ4v) is 2.65. The summed E-state index contributed by atoms with van der Waals surface area (Å²) >= 11 is 0. The molecule has 126 valence electrons. The Labute approximate surface area is 144 Å². The first kappa shape index (κ1) is 19.3. The number of halogens is 1. The Hall–Kier alpha value is -1.75. The largest absolute Gasteiger partial charge is 0.497 e. The van der Waals surface area contributed by atoms with E-state index in [1.54, 1.807) is 7.11 Å². The Kier molecular flexibility index (Phi) is 7.89. The number of nitrogens with one attached hydrogen (secondary N) is 1. The van der Waals surface area contributed by atoms with Gasteiger partial charge in [-0.05, 0) is 36.9 Å². The molecular formula is C18H25ClN2O2. The van der Waals surface area contributed by atoms with Crippen LogP contribution in [0.4, 0.5) is 5.69 Å². The van der Waals surface area contributed by atoms with Crippen LogP contribution in [0.3, 0.4) is 0 Å². The molecule has 4 nitrogen and oxygen atoms in total. The number of methoxy groups -OCH3 is 1. The first-order chi connectivity index (χ1) is 10.7. The number of likely N-dealkylation sites (N-methyl/N-ethyl adjacent to an activating group) is 2. The van der Waals surface area contributed by atoms with Gasteiger partial charge < -0.3 is 20.1 Å². The maximum absolute atomic E-state index is 10.6. The fraction of sp³-hybridized carbons (Fsp3) is 0.333. The number of hydrogen-bond acceptors (Lipinski definition) is 4. The highest BCUT2D eigenvalue weighted by molar-refractivity contribution is 5.85.